The Bertz CT molecular complexity index is 217. The summed E-state index contributed by atoms with van der Waals surface area (Å²) in [5, 5.41) is 0. The van der Waals surface area contributed by atoms with E-state index >= 15 is 0 Å². The molecule has 0 aromatic carbocycles. The maximum atomic E-state index is 5.62. The highest BCUT2D eigenvalue weighted by Gasteiger charge is 2.19. The maximum absolute atomic E-state index is 5.62. The van der Waals surface area contributed by atoms with Gasteiger partial charge in [0.2, 0.25) is 0 Å². The second-order valence-corrected chi connectivity index (χ2v) is 3.91. The van der Waals surface area contributed by atoms with Gasteiger partial charge in [0.05, 0.1) is 0 Å². The highest BCUT2D eigenvalue weighted by Crippen LogP contribution is 2.12. The molecule has 4 heteroatoms. The lowest BCUT2D eigenvalue weighted by atomic mass is 10.2. The molecule has 0 spiro atoms. The van der Waals surface area contributed by atoms with E-state index in [1.165, 1.54) is 5.70 Å². The maximum Gasteiger partial charge on any atom is 0.109 e. The molecule has 0 saturated carbocycles. The molecule has 86 valence electrons. The zero-order valence-corrected chi connectivity index (χ0v) is 9.36. The van der Waals surface area contributed by atoms with Crippen molar-refractivity contribution in [3.8, 4) is 0 Å². The van der Waals surface area contributed by atoms with Crippen molar-refractivity contribution in [3.05, 3.63) is 24.9 Å². The second-order valence-electron chi connectivity index (χ2n) is 3.91. The van der Waals surface area contributed by atoms with Crippen molar-refractivity contribution in [1.82, 2.24) is 9.80 Å². The summed E-state index contributed by atoms with van der Waals surface area (Å²) in [6, 6.07) is 0. The van der Waals surface area contributed by atoms with Gasteiger partial charge in [0, 0.05) is 31.9 Å². The average molecular weight is 210 g/mol. The van der Waals surface area contributed by atoms with Gasteiger partial charge in [0.25, 0.3) is 0 Å². The number of hydrogen-bond donors (Lipinski definition) is 2. The fraction of sp³-hybridized carbons (Fsp3) is 0.636. The van der Waals surface area contributed by atoms with Crippen molar-refractivity contribution in [2.75, 3.05) is 26.2 Å². The molecular formula is C11H22N4. The first-order valence-corrected chi connectivity index (χ1v) is 5.44. The standard InChI is InChI=1S/C11H22N4/c1-3-4-5-10(2)14-6-8-15(9-7-14)11(12)13/h3,11H,1-2,4-9,12-13H2. The van der Waals surface area contributed by atoms with Gasteiger partial charge in [0.1, 0.15) is 6.29 Å². The van der Waals surface area contributed by atoms with E-state index in [4.69, 9.17) is 11.5 Å². The van der Waals surface area contributed by atoms with Crippen LogP contribution in [-0.2, 0) is 0 Å². The number of allylic oxidation sites excluding steroid dienone is 2. The Morgan fingerprint density at radius 2 is 1.87 bits per heavy atom. The van der Waals surface area contributed by atoms with Crippen LogP contribution in [0.25, 0.3) is 0 Å². The molecule has 0 aromatic heterocycles. The van der Waals surface area contributed by atoms with Crippen LogP contribution in [0, 0.1) is 0 Å². The van der Waals surface area contributed by atoms with Gasteiger partial charge in [0.15, 0.2) is 0 Å². The molecule has 1 heterocycles. The van der Waals surface area contributed by atoms with Crippen molar-refractivity contribution in [2.24, 2.45) is 11.5 Å². The summed E-state index contributed by atoms with van der Waals surface area (Å²) in [6.45, 7) is 11.6. The molecule has 1 aliphatic heterocycles. The van der Waals surface area contributed by atoms with Gasteiger partial charge in [-0.05, 0) is 12.8 Å². The monoisotopic (exact) mass is 210 g/mol. The summed E-state index contributed by atoms with van der Waals surface area (Å²) in [5.74, 6) is 0. The lowest BCUT2D eigenvalue weighted by Crippen LogP contribution is -2.56. The Balaban J connectivity index is 2.30. The van der Waals surface area contributed by atoms with Crippen molar-refractivity contribution >= 4 is 0 Å². The van der Waals surface area contributed by atoms with E-state index in [0.717, 1.165) is 39.0 Å². The normalized spacial score (nSPS) is 18.2. The molecular weight excluding hydrogens is 188 g/mol. The first-order valence-electron chi connectivity index (χ1n) is 5.44. The minimum Gasteiger partial charge on any atom is -0.373 e. The molecule has 1 saturated heterocycles. The highest BCUT2D eigenvalue weighted by atomic mass is 15.3. The topological polar surface area (TPSA) is 58.5 Å². The molecule has 4 N–H and O–H groups in total. The van der Waals surface area contributed by atoms with Gasteiger partial charge in [-0.3, -0.25) is 4.90 Å². The molecule has 1 aliphatic rings. The zero-order chi connectivity index (χ0) is 11.3. The van der Waals surface area contributed by atoms with E-state index in [1.807, 2.05) is 6.08 Å². The Labute approximate surface area is 92.2 Å². The third-order valence-corrected chi connectivity index (χ3v) is 2.82. The van der Waals surface area contributed by atoms with E-state index in [9.17, 15) is 0 Å². The Hall–Kier alpha value is -0.840. The summed E-state index contributed by atoms with van der Waals surface area (Å²) in [6.07, 6.45) is 3.60. The van der Waals surface area contributed by atoms with Gasteiger partial charge in [-0.25, -0.2) is 0 Å². The molecule has 0 atom stereocenters. The third-order valence-electron chi connectivity index (χ3n) is 2.82. The lowest BCUT2D eigenvalue weighted by molar-refractivity contribution is 0.118. The van der Waals surface area contributed by atoms with Crippen molar-refractivity contribution in [1.29, 1.82) is 0 Å². The molecule has 0 unspecified atom stereocenters. The molecule has 4 nitrogen and oxygen atoms in total. The van der Waals surface area contributed by atoms with Crippen molar-refractivity contribution in [3.63, 3.8) is 0 Å². The molecule has 0 radical (unpaired) electrons. The zero-order valence-electron chi connectivity index (χ0n) is 9.36. The van der Waals surface area contributed by atoms with Crippen LogP contribution in [0.1, 0.15) is 12.8 Å². The van der Waals surface area contributed by atoms with Gasteiger partial charge in [-0.2, -0.15) is 0 Å². The number of hydrogen-bond acceptors (Lipinski definition) is 4. The second kappa shape index (κ2) is 5.90. The summed E-state index contributed by atoms with van der Waals surface area (Å²) >= 11 is 0. The lowest BCUT2D eigenvalue weighted by Gasteiger charge is -2.38. The molecule has 1 rings (SSSR count). The van der Waals surface area contributed by atoms with Crippen LogP contribution in [0.3, 0.4) is 0 Å². The van der Waals surface area contributed by atoms with Crippen LogP contribution in [0.2, 0.25) is 0 Å². The number of piperazine rings is 1. The highest BCUT2D eigenvalue weighted by molar-refractivity contribution is 4.97. The van der Waals surface area contributed by atoms with Crippen LogP contribution in [-0.4, -0.2) is 42.3 Å². The molecule has 0 aliphatic carbocycles. The van der Waals surface area contributed by atoms with Crippen molar-refractivity contribution < 1.29 is 0 Å². The van der Waals surface area contributed by atoms with Gasteiger partial charge in [-0.15, -0.1) is 6.58 Å². The smallest absolute Gasteiger partial charge is 0.109 e. The summed E-state index contributed by atoms with van der Waals surface area (Å²) in [4.78, 5) is 4.39. The van der Waals surface area contributed by atoms with Crippen LogP contribution in [0.15, 0.2) is 24.9 Å². The summed E-state index contributed by atoms with van der Waals surface area (Å²) < 4.78 is 0. The van der Waals surface area contributed by atoms with Gasteiger partial charge in [-0.1, -0.05) is 12.7 Å². The predicted octanol–water partition coefficient (Wildman–Crippen LogP) is 0.285. The Morgan fingerprint density at radius 3 is 2.33 bits per heavy atom. The van der Waals surface area contributed by atoms with Crippen LogP contribution in [0.5, 0.6) is 0 Å². The van der Waals surface area contributed by atoms with Gasteiger partial charge < -0.3 is 16.4 Å². The Kier molecular flexibility index (Phi) is 4.81. The minimum atomic E-state index is -0.325. The Morgan fingerprint density at radius 1 is 1.27 bits per heavy atom. The summed E-state index contributed by atoms with van der Waals surface area (Å²) in [7, 11) is 0. The number of rotatable bonds is 5. The molecule has 15 heavy (non-hydrogen) atoms. The van der Waals surface area contributed by atoms with E-state index in [1.54, 1.807) is 0 Å². The third kappa shape index (κ3) is 3.66. The fourth-order valence-electron chi connectivity index (χ4n) is 1.76. The van der Waals surface area contributed by atoms with E-state index in [2.05, 4.69) is 23.0 Å². The molecule has 0 aromatic rings. The fourth-order valence-corrected chi connectivity index (χ4v) is 1.76. The first kappa shape index (κ1) is 12.2. The predicted molar refractivity (Wildman–Crippen MR) is 63.9 cm³/mol. The van der Waals surface area contributed by atoms with Crippen LogP contribution >= 0.6 is 0 Å². The molecule has 0 amide bonds. The quantitative estimate of drug-likeness (QED) is 0.506. The minimum absolute atomic E-state index is 0.325. The van der Waals surface area contributed by atoms with Crippen molar-refractivity contribution in [2.45, 2.75) is 19.1 Å². The summed E-state index contributed by atoms with van der Waals surface area (Å²) in [5.41, 5.74) is 12.4. The molecule has 1 fully saturated rings. The first-order chi connectivity index (χ1) is 7.15. The van der Waals surface area contributed by atoms with E-state index in [0.29, 0.717) is 0 Å². The largest absolute Gasteiger partial charge is 0.373 e. The number of nitrogens with zero attached hydrogens (tertiary/aromatic N) is 2. The van der Waals surface area contributed by atoms with E-state index < -0.39 is 0 Å². The van der Waals surface area contributed by atoms with Crippen LogP contribution in [0.4, 0.5) is 0 Å². The van der Waals surface area contributed by atoms with E-state index in [-0.39, 0.29) is 6.29 Å². The number of nitrogens with two attached hydrogens (primary N) is 2. The van der Waals surface area contributed by atoms with Crippen LogP contribution < -0.4 is 11.5 Å². The van der Waals surface area contributed by atoms with Gasteiger partial charge >= 0.3 is 0 Å². The average Bonchev–Trinajstić information content (AvgIpc) is 2.26. The SMILES string of the molecule is C=CCCC(=C)N1CCN(C(N)N)CC1. The molecule has 0 bridgehead atoms.